The monoisotopic (exact) mass is 253 g/mol. The van der Waals surface area contributed by atoms with Crippen LogP contribution in [0.4, 0.5) is 5.69 Å². The van der Waals surface area contributed by atoms with E-state index in [2.05, 4.69) is 5.32 Å². The highest BCUT2D eigenvalue weighted by Crippen LogP contribution is 2.31. The number of carboxylic acid groups (broad SMARTS) is 1. The number of carbonyl (C=O) groups is 2. The van der Waals surface area contributed by atoms with Gasteiger partial charge in [-0.15, -0.1) is 0 Å². The first-order chi connectivity index (χ1) is 8.09. The van der Waals surface area contributed by atoms with Crippen molar-refractivity contribution in [1.82, 2.24) is 0 Å². The van der Waals surface area contributed by atoms with Gasteiger partial charge in [-0.1, -0.05) is 24.1 Å². The number of benzene rings is 1. The molecule has 0 radical (unpaired) electrons. The normalized spacial score (nSPS) is 15.1. The molecule has 1 aliphatic rings. The summed E-state index contributed by atoms with van der Waals surface area (Å²) in [6.45, 7) is 0. The maximum atomic E-state index is 11.8. The fraction of sp³-hybridized carbons (Fsp3) is 0.333. The first-order valence-electron chi connectivity index (χ1n) is 5.42. The summed E-state index contributed by atoms with van der Waals surface area (Å²) in [6.07, 6.45) is 2.77. The predicted molar refractivity (Wildman–Crippen MR) is 64.4 cm³/mol. The molecule has 0 bridgehead atoms. The van der Waals surface area contributed by atoms with Gasteiger partial charge in [0.1, 0.15) is 0 Å². The van der Waals surface area contributed by atoms with Gasteiger partial charge >= 0.3 is 5.97 Å². The maximum Gasteiger partial charge on any atom is 0.337 e. The Hall–Kier alpha value is -1.55. The van der Waals surface area contributed by atoms with Crippen LogP contribution in [0.2, 0.25) is 5.02 Å². The van der Waals surface area contributed by atoms with Gasteiger partial charge in [-0.25, -0.2) is 4.79 Å². The zero-order valence-electron chi connectivity index (χ0n) is 9.07. The van der Waals surface area contributed by atoms with Crippen molar-refractivity contribution in [2.75, 3.05) is 5.32 Å². The van der Waals surface area contributed by atoms with E-state index in [1.165, 1.54) is 6.07 Å². The Morgan fingerprint density at radius 3 is 2.59 bits per heavy atom. The standard InChI is InChI=1S/C12H12ClNO3/c13-9-6-2-5-8(12(16)17)10(9)14-11(15)7-3-1-4-7/h2,5-7H,1,3-4H2,(H,14,15)(H,16,17). The summed E-state index contributed by atoms with van der Waals surface area (Å²) < 4.78 is 0. The van der Waals surface area contributed by atoms with Crippen molar-refractivity contribution in [2.24, 2.45) is 5.92 Å². The summed E-state index contributed by atoms with van der Waals surface area (Å²) >= 11 is 5.91. The fourth-order valence-electron chi connectivity index (χ4n) is 1.73. The van der Waals surface area contributed by atoms with Gasteiger partial charge in [-0.05, 0) is 25.0 Å². The van der Waals surface area contributed by atoms with Crippen LogP contribution in [-0.4, -0.2) is 17.0 Å². The third kappa shape index (κ3) is 2.42. The molecule has 1 aromatic rings. The highest BCUT2D eigenvalue weighted by Gasteiger charge is 2.26. The van der Waals surface area contributed by atoms with Crippen molar-refractivity contribution in [3.8, 4) is 0 Å². The smallest absolute Gasteiger partial charge is 0.337 e. The van der Waals surface area contributed by atoms with Crippen molar-refractivity contribution in [3.63, 3.8) is 0 Å². The van der Waals surface area contributed by atoms with Crippen molar-refractivity contribution < 1.29 is 14.7 Å². The Kier molecular flexibility index (Phi) is 3.33. The molecule has 1 aliphatic carbocycles. The van der Waals surface area contributed by atoms with Crippen LogP contribution in [0.5, 0.6) is 0 Å². The number of halogens is 1. The second kappa shape index (κ2) is 4.75. The first kappa shape index (κ1) is 11.9. The average molecular weight is 254 g/mol. The third-order valence-electron chi connectivity index (χ3n) is 2.97. The molecule has 1 fully saturated rings. The lowest BCUT2D eigenvalue weighted by molar-refractivity contribution is -0.122. The number of carbonyl (C=O) groups excluding carboxylic acids is 1. The minimum absolute atomic E-state index is 0.00656. The molecule has 0 spiro atoms. The van der Waals surface area contributed by atoms with Crippen LogP contribution in [0.15, 0.2) is 18.2 Å². The summed E-state index contributed by atoms with van der Waals surface area (Å²) in [5.74, 6) is -1.25. The lowest BCUT2D eigenvalue weighted by Crippen LogP contribution is -2.28. The van der Waals surface area contributed by atoms with E-state index in [4.69, 9.17) is 16.7 Å². The van der Waals surface area contributed by atoms with Gasteiger partial charge in [0, 0.05) is 5.92 Å². The molecule has 0 aliphatic heterocycles. The zero-order valence-corrected chi connectivity index (χ0v) is 9.83. The molecule has 17 heavy (non-hydrogen) atoms. The molecular weight excluding hydrogens is 242 g/mol. The number of hydrogen-bond acceptors (Lipinski definition) is 2. The molecule has 1 amide bonds. The van der Waals surface area contributed by atoms with Crippen LogP contribution in [0, 0.1) is 5.92 Å². The number of aromatic carboxylic acids is 1. The summed E-state index contributed by atoms with van der Waals surface area (Å²) in [6, 6.07) is 4.53. The molecule has 5 heteroatoms. The lowest BCUT2D eigenvalue weighted by Gasteiger charge is -2.24. The quantitative estimate of drug-likeness (QED) is 0.870. The van der Waals surface area contributed by atoms with Gasteiger partial charge in [0.2, 0.25) is 5.91 Å². The zero-order chi connectivity index (χ0) is 12.4. The summed E-state index contributed by atoms with van der Waals surface area (Å²) in [4.78, 5) is 22.8. The molecule has 0 heterocycles. The van der Waals surface area contributed by atoms with Gasteiger partial charge in [-0.2, -0.15) is 0 Å². The highest BCUT2D eigenvalue weighted by molar-refractivity contribution is 6.34. The van der Waals surface area contributed by atoms with Crippen LogP contribution in [0.3, 0.4) is 0 Å². The van der Waals surface area contributed by atoms with Gasteiger partial charge < -0.3 is 10.4 Å². The van der Waals surface area contributed by atoms with Crippen molar-refractivity contribution >= 4 is 29.2 Å². The number of hydrogen-bond donors (Lipinski definition) is 2. The van der Waals surface area contributed by atoms with Gasteiger partial charge in [0.15, 0.2) is 0 Å². The Balaban J connectivity index is 2.24. The topological polar surface area (TPSA) is 66.4 Å². The fourth-order valence-corrected chi connectivity index (χ4v) is 1.95. The second-order valence-electron chi connectivity index (χ2n) is 4.08. The number of amides is 1. The van der Waals surface area contributed by atoms with Crippen molar-refractivity contribution in [2.45, 2.75) is 19.3 Å². The van der Waals surface area contributed by atoms with Crippen molar-refractivity contribution in [1.29, 1.82) is 0 Å². The Bertz CT molecular complexity index is 469. The molecular formula is C12H12ClNO3. The maximum absolute atomic E-state index is 11.8. The first-order valence-corrected chi connectivity index (χ1v) is 5.80. The molecule has 2 N–H and O–H groups in total. The molecule has 0 aromatic heterocycles. The third-order valence-corrected chi connectivity index (χ3v) is 3.28. The number of nitrogens with one attached hydrogen (secondary N) is 1. The summed E-state index contributed by atoms with van der Waals surface area (Å²) in [5, 5.41) is 11.9. The minimum atomic E-state index is -1.10. The molecule has 90 valence electrons. The second-order valence-corrected chi connectivity index (χ2v) is 4.49. The minimum Gasteiger partial charge on any atom is -0.478 e. The number of carboxylic acids is 1. The van der Waals surface area contributed by atoms with E-state index in [9.17, 15) is 9.59 Å². The molecule has 0 saturated heterocycles. The molecule has 4 nitrogen and oxygen atoms in total. The van der Waals surface area contributed by atoms with Gasteiger partial charge in [0.25, 0.3) is 0 Å². The molecule has 1 aromatic carbocycles. The summed E-state index contributed by atoms with van der Waals surface area (Å²) in [5.41, 5.74) is 0.212. The van der Waals surface area contributed by atoms with E-state index in [-0.39, 0.29) is 28.1 Å². The van der Waals surface area contributed by atoms with Crippen LogP contribution in [-0.2, 0) is 4.79 Å². The van der Waals surface area contributed by atoms with E-state index in [0.29, 0.717) is 0 Å². The Morgan fingerprint density at radius 2 is 2.06 bits per heavy atom. The predicted octanol–water partition coefficient (Wildman–Crippen LogP) is 2.78. The van der Waals surface area contributed by atoms with Gasteiger partial charge in [0.05, 0.1) is 16.3 Å². The molecule has 0 unspecified atom stereocenters. The van der Waals surface area contributed by atoms with Gasteiger partial charge in [-0.3, -0.25) is 4.79 Å². The average Bonchev–Trinajstić information content (AvgIpc) is 2.17. The van der Waals surface area contributed by atoms with Crippen LogP contribution in [0.1, 0.15) is 29.6 Å². The van der Waals surface area contributed by atoms with E-state index in [1.54, 1.807) is 12.1 Å². The SMILES string of the molecule is O=C(O)c1cccc(Cl)c1NC(=O)C1CCC1. The largest absolute Gasteiger partial charge is 0.478 e. The number of para-hydroxylation sites is 1. The number of rotatable bonds is 3. The van der Waals surface area contributed by atoms with Crippen LogP contribution >= 0.6 is 11.6 Å². The Morgan fingerprint density at radius 1 is 1.35 bits per heavy atom. The van der Waals surface area contributed by atoms with E-state index >= 15 is 0 Å². The number of anilines is 1. The van der Waals surface area contributed by atoms with E-state index in [1.807, 2.05) is 0 Å². The van der Waals surface area contributed by atoms with E-state index in [0.717, 1.165) is 19.3 Å². The van der Waals surface area contributed by atoms with Crippen molar-refractivity contribution in [3.05, 3.63) is 28.8 Å². The lowest BCUT2D eigenvalue weighted by atomic mass is 9.85. The van der Waals surface area contributed by atoms with E-state index < -0.39 is 5.97 Å². The molecule has 0 atom stereocenters. The van der Waals surface area contributed by atoms with Crippen LogP contribution < -0.4 is 5.32 Å². The highest BCUT2D eigenvalue weighted by atomic mass is 35.5. The Labute approximate surface area is 104 Å². The molecule has 2 rings (SSSR count). The summed E-state index contributed by atoms with van der Waals surface area (Å²) in [7, 11) is 0. The van der Waals surface area contributed by atoms with Crippen LogP contribution in [0.25, 0.3) is 0 Å². The molecule has 1 saturated carbocycles.